The Labute approximate surface area is 83.9 Å². The number of hydrogen-bond acceptors (Lipinski definition) is 2. The summed E-state index contributed by atoms with van der Waals surface area (Å²) in [4.78, 5) is 11.2. The molecule has 1 aromatic carbocycles. The maximum absolute atomic E-state index is 11.2. The van der Waals surface area contributed by atoms with Gasteiger partial charge in [0, 0.05) is 5.56 Å². The lowest BCUT2D eigenvalue weighted by molar-refractivity contribution is 0.0535. The van der Waals surface area contributed by atoms with E-state index in [4.69, 9.17) is 4.74 Å². The minimum atomic E-state index is -0.179. The van der Waals surface area contributed by atoms with E-state index in [-0.39, 0.29) is 5.97 Å². The summed E-state index contributed by atoms with van der Waals surface area (Å²) in [6.07, 6.45) is 3.50. The van der Waals surface area contributed by atoms with Crippen molar-refractivity contribution in [2.75, 3.05) is 0 Å². The number of carbonyl (C=O) groups is 1. The fourth-order valence-electron chi connectivity index (χ4n) is 1.72. The number of hydrogen-bond donors (Lipinski definition) is 0. The van der Waals surface area contributed by atoms with Crippen LogP contribution >= 0.6 is 0 Å². The first kappa shape index (κ1) is 9.25. The van der Waals surface area contributed by atoms with Crippen molar-refractivity contribution in [3.05, 3.63) is 34.9 Å². The van der Waals surface area contributed by atoms with E-state index in [0.717, 1.165) is 17.5 Å². The highest BCUT2D eigenvalue weighted by atomic mass is 16.5. The Morgan fingerprint density at radius 2 is 2.29 bits per heavy atom. The van der Waals surface area contributed by atoms with E-state index < -0.39 is 0 Å². The Hall–Kier alpha value is -1.31. The lowest BCUT2D eigenvalue weighted by Gasteiger charge is -2.01. The van der Waals surface area contributed by atoms with E-state index in [1.54, 1.807) is 0 Å². The SMILES string of the molecule is CCCCc1ccc2c(c1)COC2=O. The van der Waals surface area contributed by atoms with Gasteiger partial charge in [0.05, 0.1) is 5.56 Å². The Bertz CT molecular complexity index is 355. The van der Waals surface area contributed by atoms with E-state index in [1.807, 2.05) is 12.1 Å². The van der Waals surface area contributed by atoms with Gasteiger partial charge in [0.15, 0.2) is 0 Å². The van der Waals surface area contributed by atoms with E-state index in [1.165, 1.54) is 18.4 Å². The van der Waals surface area contributed by atoms with E-state index in [9.17, 15) is 4.79 Å². The molecular formula is C12H14O2. The predicted octanol–water partition coefficient (Wildman–Crippen LogP) is 2.70. The molecule has 2 nitrogen and oxygen atoms in total. The maximum Gasteiger partial charge on any atom is 0.338 e. The van der Waals surface area contributed by atoms with Crippen LogP contribution in [0.4, 0.5) is 0 Å². The molecule has 1 heterocycles. The quantitative estimate of drug-likeness (QED) is 0.685. The lowest BCUT2D eigenvalue weighted by atomic mass is 10.0. The van der Waals surface area contributed by atoms with Crippen molar-refractivity contribution < 1.29 is 9.53 Å². The molecule has 0 saturated carbocycles. The minimum absolute atomic E-state index is 0.179. The van der Waals surface area contributed by atoms with Gasteiger partial charge < -0.3 is 4.74 Å². The predicted molar refractivity (Wildman–Crippen MR) is 54.2 cm³/mol. The average molecular weight is 190 g/mol. The normalized spacial score (nSPS) is 13.9. The molecule has 14 heavy (non-hydrogen) atoms. The van der Waals surface area contributed by atoms with Gasteiger partial charge in [-0.3, -0.25) is 0 Å². The van der Waals surface area contributed by atoms with Crippen molar-refractivity contribution in [1.82, 2.24) is 0 Å². The molecule has 0 radical (unpaired) electrons. The highest BCUT2D eigenvalue weighted by Crippen LogP contribution is 2.21. The minimum Gasteiger partial charge on any atom is -0.457 e. The number of fused-ring (bicyclic) bond motifs is 1. The van der Waals surface area contributed by atoms with Crippen molar-refractivity contribution in [2.45, 2.75) is 32.8 Å². The average Bonchev–Trinajstić information content (AvgIpc) is 2.57. The number of cyclic esters (lactones) is 1. The van der Waals surface area contributed by atoms with Crippen LogP contribution in [0.25, 0.3) is 0 Å². The largest absolute Gasteiger partial charge is 0.457 e. The Morgan fingerprint density at radius 1 is 1.43 bits per heavy atom. The van der Waals surface area contributed by atoms with Crippen LogP contribution in [0.5, 0.6) is 0 Å². The third-order valence-electron chi connectivity index (χ3n) is 2.57. The number of rotatable bonds is 3. The first-order valence-corrected chi connectivity index (χ1v) is 5.10. The van der Waals surface area contributed by atoms with Crippen LogP contribution in [0.15, 0.2) is 18.2 Å². The molecule has 1 aliphatic heterocycles. The molecular weight excluding hydrogens is 176 g/mol. The molecule has 1 aliphatic rings. The van der Waals surface area contributed by atoms with Gasteiger partial charge in [0.2, 0.25) is 0 Å². The maximum atomic E-state index is 11.2. The molecule has 0 aromatic heterocycles. The fraction of sp³-hybridized carbons (Fsp3) is 0.417. The summed E-state index contributed by atoms with van der Waals surface area (Å²) in [5.74, 6) is -0.179. The van der Waals surface area contributed by atoms with Gasteiger partial charge >= 0.3 is 5.97 Å². The summed E-state index contributed by atoms with van der Waals surface area (Å²) in [7, 11) is 0. The van der Waals surface area contributed by atoms with Gasteiger partial charge in [0.25, 0.3) is 0 Å². The van der Waals surface area contributed by atoms with Gasteiger partial charge in [-0.25, -0.2) is 4.79 Å². The van der Waals surface area contributed by atoms with Crippen LogP contribution in [0.2, 0.25) is 0 Å². The van der Waals surface area contributed by atoms with Gasteiger partial charge in [0.1, 0.15) is 6.61 Å². The molecule has 0 atom stereocenters. The van der Waals surface area contributed by atoms with E-state index in [0.29, 0.717) is 6.61 Å². The Kier molecular flexibility index (Phi) is 2.53. The molecule has 0 spiro atoms. The van der Waals surface area contributed by atoms with Crippen LogP contribution < -0.4 is 0 Å². The topological polar surface area (TPSA) is 26.3 Å². The standard InChI is InChI=1S/C12H14O2/c1-2-3-4-9-5-6-11-10(7-9)8-14-12(11)13/h5-7H,2-4,8H2,1H3. The molecule has 74 valence electrons. The molecule has 0 saturated heterocycles. The lowest BCUT2D eigenvalue weighted by Crippen LogP contribution is -1.94. The molecule has 0 aliphatic carbocycles. The number of ether oxygens (including phenoxy) is 1. The van der Waals surface area contributed by atoms with Crippen molar-refractivity contribution in [3.8, 4) is 0 Å². The monoisotopic (exact) mass is 190 g/mol. The first-order valence-electron chi connectivity index (χ1n) is 5.10. The number of unbranched alkanes of at least 4 members (excludes halogenated alkanes) is 1. The molecule has 2 rings (SSSR count). The van der Waals surface area contributed by atoms with Crippen molar-refractivity contribution >= 4 is 5.97 Å². The molecule has 0 unspecified atom stereocenters. The Balaban J connectivity index is 2.19. The summed E-state index contributed by atoms with van der Waals surface area (Å²) in [6, 6.07) is 6.01. The second-order valence-corrected chi connectivity index (χ2v) is 3.67. The van der Waals surface area contributed by atoms with E-state index in [2.05, 4.69) is 13.0 Å². The van der Waals surface area contributed by atoms with Crippen LogP contribution in [-0.2, 0) is 17.8 Å². The molecule has 0 fully saturated rings. The number of aryl methyl sites for hydroxylation is 1. The van der Waals surface area contributed by atoms with Crippen LogP contribution in [0.1, 0.15) is 41.3 Å². The van der Waals surface area contributed by atoms with Crippen molar-refractivity contribution in [3.63, 3.8) is 0 Å². The third-order valence-corrected chi connectivity index (χ3v) is 2.57. The summed E-state index contributed by atoms with van der Waals surface area (Å²) in [5.41, 5.74) is 3.10. The van der Waals surface area contributed by atoms with Crippen LogP contribution in [-0.4, -0.2) is 5.97 Å². The molecule has 2 heteroatoms. The van der Waals surface area contributed by atoms with Gasteiger partial charge in [-0.1, -0.05) is 25.5 Å². The molecule has 0 N–H and O–H groups in total. The Morgan fingerprint density at radius 3 is 3.07 bits per heavy atom. The van der Waals surface area contributed by atoms with Gasteiger partial charge in [-0.2, -0.15) is 0 Å². The van der Waals surface area contributed by atoms with Crippen molar-refractivity contribution in [2.24, 2.45) is 0 Å². The molecule has 0 amide bonds. The molecule has 0 bridgehead atoms. The smallest absolute Gasteiger partial charge is 0.338 e. The van der Waals surface area contributed by atoms with Crippen molar-refractivity contribution in [1.29, 1.82) is 0 Å². The highest BCUT2D eigenvalue weighted by molar-refractivity contribution is 5.93. The van der Waals surface area contributed by atoms with E-state index >= 15 is 0 Å². The first-order chi connectivity index (χ1) is 6.81. The fourth-order valence-corrected chi connectivity index (χ4v) is 1.72. The van der Waals surface area contributed by atoms with Crippen LogP contribution in [0.3, 0.4) is 0 Å². The summed E-state index contributed by atoms with van der Waals surface area (Å²) >= 11 is 0. The highest BCUT2D eigenvalue weighted by Gasteiger charge is 2.20. The molecule has 1 aromatic rings. The van der Waals surface area contributed by atoms with Gasteiger partial charge in [-0.05, 0) is 24.5 Å². The zero-order chi connectivity index (χ0) is 9.97. The second kappa shape index (κ2) is 3.82. The summed E-state index contributed by atoms with van der Waals surface area (Å²) < 4.78 is 4.94. The van der Waals surface area contributed by atoms with Crippen LogP contribution in [0, 0.1) is 0 Å². The zero-order valence-corrected chi connectivity index (χ0v) is 8.38. The van der Waals surface area contributed by atoms with Gasteiger partial charge in [-0.15, -0.1) is 0 Å². The zero-order valence-electron chi connectivity index (χ0n) is 8.38. The number of benzene rings is 1. The number of carbonyl (C=O) groups excluding carboxylic acids is 1. The second-order valence-electron chi connectivity index (χ2n) is 3.67. The number of esters is 1. The summed E-state index contributed by atoms with van der Waals surface area (Å²) in [6.45, 7) is 2.63. The third kappa shape index (κ3) is 1.65. The summed E-state index contributed by atoms with van der Waals surface area (Å²) in [5, 5.41) is 0.